The zero-order valence-corrected chi connectivity index (χ0v) is 14.5. The summed E-state index contributed by atoms with van der Waals surface area (Å²) in [6.45, 7) is 6.33. The average molecular weight is 326 g/mol. The number of hydrogen-bond acceptors (Lipinski definition) is 3. The molecule has 0 spiro atoms. The van der Waals surface area contributed by atoms with E-state index in [2.05, 4.69) is 36.0 Å². The second-order valence-corrected chi connectivity index (χ2v) is 7.88. The molecule has 1 aromatic carbocycles. The third-order valence-electron chi connectivity index (χ3n) is 3.72. The van der Waals surface area contributed by atoms with Crippen LogP contribution in [0.4, 0.5) is 0 Å². The summed E-state index contributed by atoms with van der Waals surface area (Å²) < 4.78 is 24.8. The molecule has 0 heterocycles. The molecule has 0 bridgehead atoms. The minimum Gasteiger partial charge on any atom is -0.355 e. The van der Waals surface area contributed by atoms with Gasteiger partial charge < -0.3 is 5.32 Å². The molecule has 0 aliphatic carbocycles. The van der Waals surface area contributed by atoms with Crippen molar-refractivity contribution in [3.63, 3.8) is 0 Å². The zero-order chi connectivity index (χ0) is 16.8. The van der Waals surface area contributed by atoms with Crippen LogP contribution in [-0.2, 0) is 14.8 Å². The third kappa shape index (κ3) is 6.15. The van der Waals surface area contributed by atoms with Crippen molar-refractivity contribution in [1.82, 2.24) is 10.0 Å². The van der Waals surface area contributed by atoms with Gasteiger partial charge in [0.25, 0.3) is 0 Å². The molecule has 6 heteroatoms. The maximum absolute atomic E-state index is 12.0. The van der Waals surface area contributed by atoms with E-state index in [1.165, 1.54) is 12.6 Å². The van der Waals surface area contributed by atoms with Gasteiger partial charge in [-0.25, -0.2) is 13.1 Å². The van der Waals surface area contributed by atoms with Crippen molar-refractivity contribution in [1.29, 1.82) is 0 Å². The van der Waals surface area contributed by atoms with Crippen molar-refractivity contribution in [3.8, 4) is 0 Å². The van der Waals surface area contributed by atoms with Crippen LogP contribution in [0.5, 0.6) is 0 Å². The van der Waals surface area contributed by atoms with Crippen molar-refractivity contribution in [3.05, 3.63) is 35.4 Å². The quantitative estimate of drug-likeness (QED) is 0.765. The Morgan fingerprint density at radius 2 is 1.77 bits per heavy atom. The maximum atomic E-state index is 12.0. The van der Waals surface area contributed by atoms with Gasteiger partial charge in [-0.05, 0) is 31.4 Å². The zero-order valence-electron chi connectivity index (χ0n) is 13.7. The Kier molecular flexibility index (Phi) is 7.03. The molecule has 0 aliphatic rings. The normalized spacial score (nSPS) is 13.1. The molecular formula is C16H26N2O3S. The summed E-state index contributed by atoms with van der Waals surface area (Å²) in [6.07, 6.45) is 0.361. The summed E-state index contributed by atoms with van der Waals surface area (Å²) in [6, 6.07) is 8.20. The van der Waals surface area contributed by atoms with E-state index in [1.54, 1.807) is 0 Å². The van der Waals surface area contributed by atoms with Crippen LogP contribution >= 0.6 is 0 Å². The maximum Gasteiger partial charge on any atom is 0.220 e. The lowest BCUT2D eigenvalue weighted by atomic mass is 9.85. The number of sulfonamides is 1. The van der Waals surface area contributed by atoms with Gasteiger partial charge in [0, 0.05) is 13.0 Å². The molecule has 2 N–H and O–H groups in total. The Hall–Kier alpha value is -1.40. The van der Waals surface area contributed by atoms with Gasteiger partial charge in [-0.1, -0.05) is 43.7 Å². The van der Waals surface area contributed by atoms with Crippen LogP contribution in [0.1, 0.15) is 37.3 Å². The first-order chi connectivity index (χ1) is 10.2. The standard InChI is InChI=1S/C16H26N2O3S/c1-12(2)15(14-7-5-13(3)6-8-14)11-16(19)18-9-10-22(20,21)17-4/h5-8,12,15,17H,9-11H2,1-4H3,(H,18,19). The lowest BCUT2D eigenvalue weighted by molar-refractivity contribution is -0.121. The first-order valence-electron chi connectivity index (χ1n) is 7.49. The second-order valence-electron chi connectivity index (χ2n) is 5.84. The van der Waals surface area contributed by atoms with Gasteiger partial charge in [-0.15, -0.1) is 0 Å². The van der Waals surface area contributed by atoms with Crippen LogP contribution in [0, 0.1) is 12.8 Å². The fraction of sp³-hybridized carbons (Fsp3) is 0.562. The van der Waals surface area contributed by atoms with Gasteiger partial charge in [0.05, 0.1) is 5.75 Å². The summed E-state index contributed by atoms with van der Waals surface area (Å²) >= 11 is 0. The van der Waals surface area contributed by atoms with E-state index in [-0.39, 0.29) is 24.1 Å². The molecule has 0 radical (unpaired) electrons. The lowest BCUT2D eigenvalue weighted by Crippen LogP contribution is -2.33. The molecule has 1 aromatic rings. The van der Waals surface area contributed by atoms with Crippen LogP contribution in [0.2, 0.25) is 0 Å². The minimum absolute atomic E-state index is 0.105. The Bertz CT molecular complexity index is 580. The summed E-state index contributed by atoms with van der Waals surface area (Å²) in [4.78, 5) is 12.0. The van der Waals surface area contributed by atoms with Crippen molar-refractivity contribution in [2.45, 2.75) is 33.1 Å². The number of carbonyl (C=O) groups is 1. The molecule has 1 rings (SSSR count). The Labute approximate surface area is 133 Å². The van der Waals surface area contributed by atoms with Crippen LogP contribution in [0.3, 0.4) is 0 Å². The average Bonchev–Trinajstić information content (AvgIpc) is 2.45. The number of benzene rings is 1. The molecule has 1 unspecified atom stereocenters. The summed E-state index contributed by atoms with van der Waals surface area (Å²) in [5.74, 6) is 0.230. The Morgan fingerprint density at radius 3 is 2.27 bits per heavy atom. The third-order valence-corrected chi connectivity index (χ3v) is 5.08. The molecular weight excluding hydrogens is 300 g/mol. The van der Waals surface area contributed by atoms with Crippen LogP contribution in [0.15, 0.2) is 24.3 Å². The first-order valence-corrected chi connectivity index (χ1v) is 9.15. The number of rotatable bonds is 8. The monoisotopic (exact) mass is 326 g/mol. The highest BCUT2D eigenvalue weighted by Gasteiger charge is 2.19. The molecule has 124 valence electrons. The fourth-order valence-electron chi connectivity index (χ4n) is 2.25. The lowest BCUT2D eigenvalue weighted by Gasteiger charge is -2.21. The van der Waals surface area contributed by atoms with E-state index in [0.717, 1.165) is 5.56 Å². The first kappa shape index (κ1) is 18.6. The largest absolute Gasteiger partial charge is 0.355 e. The predicted molar refractivity (Wildman–Crippen MR) is 89.2 cm³/mol. The summed E-state index contributed by atoms with van der Waals surface area (Å²) in [5, 5.41) is 2.68. The van der Waals surface area contributed by atoms with E-state index >= 15 is 0 Å². The second kappa shape index (κ2) is 8.29. The molecule has 0 fully saturated rings. The minimum atomic E-state index is -3.28. The molecule has 1 amide bonds. The molecule has 1 atom stereocenters. The van der Waals surface area contributed by atoms with Crippen LogP contribution < -0.4 is 10.0 Å². The number of hydrogen-bond donors (Lipinski definition) is 2. The number of nitrogens with one attached hydrogen (secondary N) is 2. The van der Waals surface area contributed by atoms with Crippen LogP contribution in [0.25, 0.3) is 0 Å². The molecule has 0 saturated carbocycles. The predicted octanol–water partition coefficient (Wildman–Crippen LogP) is 1.79. The van der Waals surface area contributed by atoms with Gasteiger partial charge in [0.15, 0.2) is 0 Å². The van der Waals surface area contributed by atoms with Crippen molar-refractivity contribution < 1.29 is 13.2 Å². The number of amides is 1. The molecule has 5 nitrogen and oxygen atoms in total. The van der Waals surface area contributed by atoms with Gasteiger partial charge in [0.1, 0.15) is 0 Å². The summed E-state index contributed by atoms with van der Waals surface area (Å²) in [5.41, 5.74) is 2.33. The molecule has 0 saturated heterocycles. The number of carbonyl (C=O) groups excluding carboxylic acids is 1. The highest BCUT2D eigenvalue weighted by molar-refractivity contribution is 7.89. The Balaban J connectivity index is 2.60. The topological polar surface area (TPSA) is 75.3 Å². The number of aryl methyl sites for hydroxylation is 1. The highest BCUT2D eigenvalue weighted by Crippen LogP contribution is 2.28. The van der Waals surface area contributed by atoms with E-state index in [1.807, 2.05) is 19.1 Å². The smallest absolute Gasteiger partial charge is 0.220 e. The van der Waals surface area contributed by atoms with Crippen LogP contribution in [-0.4, -0.2) is 33.7 Å². The van der Waals surface area contributed by atoms with E-state index < -0.39 is 10.0 Å². The SMILES string of the molecule is CNS(=O)(=O)CCNC(=O)CC(c1ccc(C)cc1)C(C)C. The molecule has 22 heavy (non-hydrogen) atoms. The Morgan fingerprint density at radius 1 is 1.18 bits per heavy atom. The van der Waals surface area contributed by atoms with Crippen molar-refractivity contribution in [2.75, 3.05) is 19.3 Å². The van der Waals surface area contributed by atoms with E-state index in [0.29, 0.717) is 12.3 Å². The fourth-order valence-corrected chi connectivity index (χ4v) is 2.83. The van der Waals surface area contributed by atoms with Gasteiger partial charge in [0.2, 0.25) is 15.9 Å². The van der Waals surface area contributed by atoms with E-state index in [9.17, 15) is 13.2 Å². The van der Waals surface area contributed by atoms with E-state index in [4.69, 9.17) is 0 Å². The van der Waals surface area contributed by atoms with Gasteiger partial charge in [-0.2, -0.15) is 0 Å². The summed E-state index contributed by atoms with van der Waals surface area (Å²) in [7, 11) is -1.92. The molecule has 0 aliphatic heterocycles. The highest BCUT2D eigenvalue weighted by atomic mass is 32.2. The molecule has 0 aromatic heterocycles. The van der Waals surface area contributed by atoms with Gasteiger partial charge in [-0.3, -0.25) is 4.79 Å². The van der Waals surface area contributed by atoms with Gasteiger partial charge >= 0.3 is 0 Å². The van der Waals surface area contributed by atoms with Crippen molar-refractivity contribution in [2.24, 2.45) is 5.92 Å². The van der Waals surface area contributed by atoms with Crippen molar-refractivity contribution >= 4 is 15.9 Å².